The van der Waals surface area contributed by atoms with Crippen LogP contribution in [0.3, 0.4) is 0 Å². The van der Waals surface area contributed by atoms with Crippen molar-refractivity contribution in [3.05, 3.63) is 35.5 Å². The van der Waals surface area contributed by atoms with E-state index in [0.29, 0.717) is 0 Å². The molecule has 0 radical (unpaired) electrons. The van der Waals surface area contributed by atoms with E-state index in [-0.39, 0.29) is 6.10 Å². The highest BCUT2D eigenvalue weighted by Gasteiger charge is 2.22. The number of hydrogen-bond acceptors (Lipinski definition) is 1. The number of para-hydroxylation sites is 1. The molecule has 1 aromatic heterocycles. The molecule has 0 spiro atoms. The first kappa shape index (κ1) is 8.98. The molecule has 15 heavy (non-hydrogen) atoms. The van der Waals surface area contributed by atoms with Gasteiger partial charge in [0.05, 0.1) is 6.10 Å². The second-order valence-electron chi connectivity index (χ2n) is 4.40. The van der Waals surface area contributed by atoms with Crippen molar-refractivity contribution in [2.45, 2.75) is 25.4 Å². The lowest BCUT2D eigenvalue weighted by Crippen LogP contribution is -2.19. The van der Waals surface area contributed by atoms with Gasteiger partial charge in [0.15, 0.2) is 0 Å². The molecule has 0 unspecified atom stereocenters. The van der Waals surface area contributed by atoms with Gasteiger partial charge < -0.3 is 9.67 Å². The summed E-state index contributed by atoms with van der Waals surface area (Å²) in [5, 5.41) is 11.0. The molecule has 2 heteroatoms. The van der Waals surface area contributed by atoms with Gasteiger partial charge in [-0.3, -0.25) is 0 Å². The largest absolute Gasteiger partial charge is 0.393 e. The minimum Gasteiger partial charge on any atom is -0.393 e. The summed E-state index contributed by atoms with van der Waals surface area (Å²) < 4.78 is 2.27. The molecule has 1 atom stereocenters. The molecule has 0 saturated carbocycles. The van der Waals surface area contributed by atoms with Crippen molar-refractivity contribution in [2.75, 3.05) is 0 Å². The Balaban J connectivity index is 2.33. The number of aromatic nitrogens is 1. The second-order valence-corrected chi connectivity index (χ2v) is 4.40. The minimum absolute atomic E-state index is 0.150. The molecule has 1 heterocycles. The topological polar surface area (TPSA) is 25.2 Å². The molecule has 0 aliphatic heterocycles. The van der Waals surface area contributed by atoms with E-state index >= 15 is 0 Å². The van der Waals surface area contributed by atoms with Crippen LogP contribution in [0.15, 0.2) is 24.3 Å². The highest BCUT2D eigenvalue weighted by molar-refractivity contribution is 5.85. The standard InChI is InChI=1S/C13H15NO/c1-14-12-5-3-2-4-10(12)11-8-9(15)6-7-13(11)14/h2-5,9,15H,6-8H2,1H3/t9-/m0/s1. The Morgan fingerprint density at radius 1 is 1.33 bits per heavy atom. The fraction of sp³-hybridized carbons (Fsp3) is 0.385. The molecule has 2 aromatic rings. The Bertz CT molecular complexity index is 512. The first-order valence-corrected chi connectivity index (χ1v) is 5.50. The Labute approximate surface area is 89.1 Å². The van der Waals surface area contributed by atoms with Crippen molar-refractivity contribution < 1.29 is 5.11 Å². The lowest BCUT2D eigenvalue weighted by atomic mass is 9.93. The normalized spacial score (nSPS) is 20.5. The third-order valence-electron chi connectivity index (χ3n) is 3.50. The van der Waals surface area contributed by atoms with Gasteiger partial charge in [0.1, 0.15) is 0 Å². The number of benzene rings is 1. The van der Waals surface area contributed by atoms with Crippen LogP contribution in [-0.4, -0.2) is 15.8 Å². The fourth-order valence-corrected chi connectivity index (χ4v) is 2.71. The highest BCUT2D eigenvalue weighted by Crippen LogP contribution is 2.31. The van der Waals surface area contributed by atoms with Crippen LogP contribution in [0.25, 0.3) is 10.9 Å². The Morgan fingerprint density at radius 3 is 3.00 bits per heavy atom. The third kappa shape index (κ3) is 1.21. The number of rotatable bonds is 0. The van der Waals surface area contributed by atoms with Crippen LogP contribution < -0.4 is 0 Å². The van der Waals surface area contributed by atoms with Gasteiger partial charge in [-0.1, -0.05) is 18.2 Å². The van der Waals surface area contributed by atoms with E-state index in [4.69, 9.17) is 0 Å². The number of hydrogen-bond donors (Lipinski definition) is 1. The monoisotopic (exact) mass is 201 g/mol. The zero-order chi connectivity index (χ0) is 10.4. The SMILES string of the molecule is Cn1c2c(c3ccccc31)C[C@@H](O)CC2. The predicted molar refractivity (Wildman–Crippen MR) is 61.0 cm³/mol. The van der Waals surface area contributed by atoms with Crippen molar-refractivity contribution in [3.63, 3.8) is 0 Å². The van der Waals surface area contributed by atoms with Crippen LogP contribution in [0.2, 0.25) is 0 Å². The van der Waals surface area contributed by atoms with Crippen LogP contribution in [-0.2, 0) is 19.9 Å². The average Bonchev–Trinajstić information content (AvgIpc) is 2.54. The summed E-state index contributed by atoms with van der Waals surface area (Å²) in [6.45, 7) is 0. The van der Waals surface area contributed by atoms with Crippen LogP contribution in [0, 0.1) is 0 Å². The van der Waals surface area contributed by atoms with Gasteiger partial charge in [0.25, 0.3) is 0 Å². The van der Waals surface area contributed by atoms with Gasteiger partial charge >= 0.3 is 0 Å². The molecule has 0 bridgehead atoms. The van der Waals surface area contributed by atoms with E-state index in [1.165, 1.54) is 22.2 Å². The smallest absolute Gasteiger partial charge is 0.0585 e. The molecule has 1 aliphatic carbocycles. The molecule has 0 fully saturated rings. The van der Waals surface area contributed by atoms with E-state index in [1.54, 1.807) is 0 Å². The zero-order valence-electron chi connectivity index (χ0n) is 8.90. The Kier molecular flexibility index (Phi) is 1.86. The molecule has 78 valence electrons. The molecule has 3 rings (SSSR count). The number of aliphatic hydroxyl groups excluding tert-OH is 1. The maximum atomic E-state index is 9.72. The predicted octanol–water partition coefficient (Wildman–Crippen LogP) is 2.03. The van der Waals surface area contributed by atoms with Crippen LogP contribution in [0.5, 0.6) is 0 Å². The Hall–Kier alpha value is -1.28. The summed E-state index contributed by atoms with van der Waals surface area (Å²) in [6, 6.07) is 8.46. The summed E-state index contributed by atoms with van der Waals surface area (Å²) in [7, 11) is 2.12. The fourth-order valence-electron chi connectivity index (χ4n) is 2.71. The van der Waals surface area contributed by atoms with Gasteiger partial charge in [0, 0.05) is 30.1 Å². The van der Waals surface area contributed by atoms with Gasteiger partial charge in [-0.15, -0.1) is 0 Å². The molecule has 1 aromatic carbocycles. The average molecular weight is 201 g/mol. The van der Waals surface area contributed by atoms with Gasteiger partial charge in [-0.2, -0.15) is 0 Å². The summed E-state index contributed by atoms with van der Waals surface area (Å²) in [4.78, 5) is 0. The first-order valence-electron chi connectivity index (χ1n) is 5.50. The zero-order valence-corrected chi connectivity index (χ0v) is 8.90. The van der Waals surface area contributed by atoms with E-state index in [9.17, 15) is 5.11 Å². The second kappa shape index (κ2) is 3.11. The molecular formula is C13H15NO. The summed E-state index contributed by atoms with van der Waals surface area (Å²) >= 11 is 0. The van der Waals surface area contributed by atoms with Crippen LogP contribution >= 0.6 is 0 Å². The van der Waals surface area contributed by atoms with Gasteiger partial charge in [-0.25, -0.2) is 0 Å². The molecule has 1 aliphatic rings. The van der Waals surface area contributed by atoms with Crippen molar-refractivity contribution in [2.24, 2.45) is 7.05 Å². The van der Waals surface area contributed by atoms with Gasteiger partial charge in [-0.05, 0) is 24.5 Å². The number of aryl methyl sites for hydroxylation is 1. The Morgan fingerprint density at radius 2 is 2.13 bits per heavy atom. The summed E-state index contributed by atoms with van der Waals surface area (Å²) in [5.41, 5.74) is 4.05. The van der Waals surface area contributed by atoms with Crippen molar-refractivity contribution in [1.82, 2.24) is 4.57 Å². The minimum atomic E-state index is -0.150. The molecule has 0 saturated heterocycles. The summed E-state index contributed by atoms with van der Waals surface area (Å²) in [5.74, 6) is 0. The van der Waals surface area contributed by atoms with E-state index in [1.807, 2.05) is 0 Å². The highest BCUT2D eigenvalue weighted by atomic mass is 16.3. The first-order chi connectivity index (χ1) is 7.27. The lowest BCUT2D eigenvalue weighted by Gasteiger charge is -2.18. The van der Waals surface area contributed by atoms with E-state index in [0.717, 1.165) is 19.3 Å². The molecule has 2 nitrogen and oxygen atoms in total. The lowest BCUT2D eigenvalue weighted by molar-refractivity contribution is 0.158. The van der Waals surface area contributed by atoms with E-state index < -0.39 is 0 Å². The van der Waals surface area contributed by atoms with Crippen molar-refractivity contribution >= 4 is 10.9 Å². The number of nitrogens with zero attached hydrogens (tertiary/aromatic N) is 1. The maximum absolute atomic E-state index is 9.72. The van der Waals surface area contributed by atoms with Crippen LogP contribution in [0.4, 0.5) is 0 Å². The number of fused-ring (bicyclic) bond motifs is 3. The van der Waals surface area contributed by atoms with Crippen molar-refractivity contribution in [1.29, 1.82) is 0 Å². The molecule has 0 amide bonds. The van der Waals surface area contributed by atoms with Crippen molar-refractivity contribution in [3.8, 4) is 0 Å². The molecular weight excluding hydrogens is 186 g/mol. The summed E-state index contributed by atoms with van der Waals surface area (Å²) in [6.07, 6.45) is 2.57. The molecule has 1 N–H and O–H groups in total. The quantitative estimate of drug-likeness (QED) is 0.693. The number of aliphatic hydroxyl groups is 1. The maximum Gasteiger partial charge on any atom is 0.0585 e. The third-order valence-corrected chi connectivity index (χ3v) is 3.50. The van der Waals surface area contributed by atoms with E-state index in [2.05, 4.69) is 35.9 Å². The van der Waals surface area contributed by atoms with Crippen LogP contribution in [0.1, 0.15) is 17.7 Å². The van der Waals surface area contributed by atoms with Gasteiger partial charge in [0.2, 0.25) is 0 Å².